The zero-order valence-corrected chi connectivity index (χ0v) is 23.2. The summed E-state index contributed by atoms with van der Waals surface area (Å²) in [7, 11) is 0. The first-order valence-corrected chi connectivity index (χ1v) is 13.6. The van der Waals surface area contributed by atoms with Crippen LogP contribution in [0, 0.1) is 13.8 Å². The number of aryl methyl sites for hydroxylation is 1. The molecule has 10 nitrogen and oxygen atoms in total. The first kappa shape index (κ1) is 25.4. The van der Waals surface area contributed by atoms with Gasteiger partial charge in [-0.2, -0.15) is 0 Å². The Kier molecular flexibility index (Phi) is 6.29. The molecule has 1 N–H and O–H groups in total. The van der Waals surface area contributed by atoms with E-state index in [1.54, 1.807) is 0 Å². The maximum absolute atomic E-state index is 13.7. The highest BCUT2D eigenvalue weighted by atomic mass is 16.7. The third-order valence-electron chi connectivity index (χ3n) is 8.43. The van der Waals surface area contributed by atoms with Crippen molar-refractivity contribution in [1.29, 1.82) is 0 Å². The van der Waals surface area contributed by atoms with Gasteiger partial charge in [-0.3, -0.25) is 9.69 Å². The van der Waals surface area contributed by atoms with E-state index in [9.17, 15) is 4.79 Å². The van der Waals surface area contributed by atoms with Crippen LogP contribution in [0.2, 0.25) is 0 Å². The SMILES string of the molecule is CCC(C)(C)n1nnnc1[C@H](c1cc2cc3c(cc2[nH]c1=O)OCO3)N1CCN(c2cccc(C)c2C)CC1. The number of nitrogens with one attached hydrogen (secondary N) is 1. The fourth-order valence-electron chi connectivity index (χ4n) is 5.56. The third-order valence-corrected chi connectivity index (χ3v) is 8.43. The molecule has 2 aliphatic rings. The molecule has 1 atom stereocenters. The number of hydrogen-bond acceptors (Lipinski definition) is 8. The van der Waals surface area contributed by atoms with Gasteiger partial charge in [0.2, 0.25) is 6.79 Å². The monoisotopic (exact) mass is 529 g/mol. The summed E-state index contributed by atoms with van der Waals surface area (Å²) in [6.45, 7) is 14.1. The van der Waals surface area contributed by atoms with Crippen molar-refractivity contribution in [3.05, 3.63) is 69.3 Å². The number of anilines is 1. The standard InChI is InChI=1S/C29H35N7O3/c1-6-29(4,5)36-27(31-32-33-36)26(35-12-10-34(11-13-35)23-9-7-8-18(2)19(23)3)21-14-20-15-24-25(39-17-38-24)16-22(20)30-28(21)37/h7-9,14-16,26H,6,10-13,17H2,1-5H3,(H,30,37)/t26-/m0/s1. The number of aromatic amines is 1. The average molecular weight is 530 g/mol. The second kappa shape index (κ2) is 9.68. The molecule has 6 rings (SSSR count). The lowest BCUT2D eigenvalue weighted by molar-refractivity contribution is 0.174. The number of benzene rings is 2. The van der Waals surface area contributed by atoms with Crippen LogP contribution in [-0.4, -0.2) is 63.1 Å². The fraction of sp³-hybridized carbons (Fsp3) is 0.448. The lowest BCUT2D eigenvalue weighted by Gasteiger charge is -2.40. The number of piperazine rings is 1. The van der Waals surface area contributed by atoms with Gasteiger partial charge >= 0.3 is 0 Å². The van der Waals surface area contributed by atoms with Gasteiger partial charge in [0.25, 0.3) is 5.56 Å². The normalized spacial score (nSPS) is 16.7. The van der Waals surface area contributed by atoms with Crippen molar-refractivity contribution in [3.8, 4) is 11.5 Å². The van der Waals surface area contributed by atoms with Gasteiger partial charge in [0.15, 0.2) is 17.3 Å². The maximum atomic E-state index is 13.7. The zero-order valence-electron chi connectivity index (χ0n) is 23.2. The van der Waals surface area contributed by atoms with E-state index in [0.717, 1.165) is 38.0 Å². The topological polar surface area (TPSA) is 101 Å². The number of pyridine rings is 1. The lowest BCUT2D eigenvalue weighted by Crippen LogP contribution is -2.49. The Bertz CT molecular complexity index is 1580. The molecule has 0 spiro atoms. The Labute approximate surface area is 227 Å². The van der Waals surface area contributed by atoms with Gasteiger partial charge in [-0.1, -0.05) is 19.1 Å². The van der Waals surface area contributed by atoms with E-state index >= 15 is 0 Å². The van der Waals surface area contributed by atoms with Gasteiger partial charge in [0, 0.05) is 48.9 Å². The number of fused-ring (bicyclic) bond motifs is 2. The van der Waals surface area contributed by atoms with Gasteiger partial charge in [0.1, 0.15) is 6.04 Å². The smallest absolute Gasteiger partial charge is 0.253 e. The van der Waals surface area contributed by atoms with Gasteiger partial charge in [-0.25, -0.2) is 4.68 Å². The zero-order chi connectivity index (χ0) is 27.3. The molecule has 10 heteroatoms. The molecule has 0 bridgehead atoms. The van der Waals surface area contributed by atoms with Crippen LogP contribution in [0.5, 0.6) is 11.5 Å². The van der Waals surface area contributed by atoms with E-state index < -0.39 is 6.04 Å². The maximum Gasteiger partial charge on any atom is 0.253 e. The largest absolute Gasteiger partial charge is 0.454 e. The molecule has 2 aliphatic heterocycles. The molecule has 0 unspecified atom stereocenters. The molecule has 4 heterocycles. The lowest BCUT2D eigenvalue weighted by atomic mass is 9.98. The Balaban J connectivity index is 1.42. The summed E-state index contributed by atoms with van der Waals surface area (Å²) in [6, 6.07) is 11.8. The van der Waals surface area contributed by atoms with Crippen LogP contribution in [0.3, 0.4) is 0 Å². The Morgan fingerprint density at radius 2 is 1.79 bits per heavy atom. The van der Waals surface area contributed by atoms with Crippen LogP contribution < -0.4 is 19.9 Å². The first-order chi connectivity index (χ1) is 18.8. The van der Waals surface area contributed by atoms with Gasteiger partial charge in [0.05, 0.1) is 11.1 Å². The van der Waals surface area contributed by atoms with Crippen molar-refractivity contribution in [2.45, 2.75) is 52.6 Å². The molecular weight excluding hydrogens is 494 g/mol. The molecule has 2 aromatic carbocycles. The molecule has 4 aromatic rings. The van der Waals surface area contributed by atoms with Crippen molar-refractivity contribution in [2.24, 2.45) is 0 Å². The molecule has 0 saturated carbocycles. The van der Waals surface area contributed by atoms with Gasteiger partial charge in [-0.05, 0) is 73.9 Å². The first-order valence-electron chi connectivity index (χ1n) is 13.6. The number of H-pyrrole nitrogens is 1. The van der Waals surface area contributed by atoms with Crippen molar-refractivity contribution in [3.63, 3.8) is 0 Å². The minimum Gasteiger partial charge on any atom is -0.454 e. The summed E-state index contributed by atoms with van der Waals surface area (Å²) in [5, 5.41) is 13.9. The van der Waals surface area contributed by atoms with Crippen molar-refractivity contribution in [1.82, 2.24) is 30.1 Å². The Hall–Kier alpha value is -3.92. The average Bonchev–Trinajstić information content (AvgIpc) is 3.60. The second-order valence-electron chi connectivity index (χ2n) is 11.1. The minimum atomic E-state index is -0.412. The van der Waals surface area contributed by atoms with Crippen LogP contribution in [0.1, 0.15) is 55.7 Å². The van der Waals surface area contributed by atoms with Crippen LogP contribution in [0.4, 0.5) is 5.69 Å². The molecule has 0 aliphatic carbocycles. The molecule has 0 radical (unpaired) electrons. The second-order valence-corrected chi connectivity index (χ2v) is 11.1. The number of nitrogens with zero attached hydrogens (tertiary/aromatic N) is 6. The van der Waals surface area contributed by atoms with Crippen molar-refractivity contribution >= 4 is 16.6 Å². The quantitative estimate of drug-likeness (QED) is 0.401. The number of rotatable bonds is 6. The Morgan fingerprint density at radius 3 is 2.54 bits per heavy atom. The van der Waals surface area contributed by atoms with E-state index in [2.05, 4.69) is 83.1 Å². The predicted octanol–water partition coefficient (Wildman–Crippen LogP) is 3.92. The summed E-state index contributed by atoms with van der Waals surface area (Å²) in [4.78, 5) is 21.5. The summed E-state index contributed by atoms with van der Waals surface area (Å²) < 4.78 is 13.0. The highest BCUT2D eigenvalue weighted by Crippen LogP contribution is 2.37. The molecule has 2 aromatic heterocycles. The highest BCUT2D eigenvalue weighted by Gasteiger charge is 2.36. The minimum absolute atomic E-state index is 0.160. The van der Waals surface area contributed by atoms with E-state index in [1.165, 1.54) is 16.8 Å². The molecule has 39 heavy (non-hydrogen) atoms. The number of tetrazole rings is 1. The summed E-state index contributed by atoms with van der Waals surface area (Å²) in [5.41, 5.74) is 4.71. The molecule has 0 amide bonds. The summed E-state index contributed by atoms with van der Waals surface area (Å²) in [6.07, 6.45) is 0.843. The van der Waals surface area contributed by atoms with E-state index in [-0.39, 0.29) is 17.9 Å². The third kappa shape index (κ3) is 4.42. The van der Waals surface area contributed by atoms with Crippen LogP contribution in [-0.2, 0) is 5.54 Å². The highest BCUT2D eigenvalue weighted by molar-refractivity contribution is 5.83. The van der Waals surface area contributed by atoms with Crippen LogP contribution in [0.15, 0.2) is 41.2 Å². The van der Waals surface area contributed by atoms with Crippen LogP contribution >= 0.6 is 0 Å². The summed E-state index contributed by atoms with van der Waals surface area (Å²) in [5.74, 6) is 1.99. The predicted molar refractivity (Wildman–Crippen MR) is 150 cm³/mol. The van der Waals surface area contributed by atoms with Gasteiger partial charge in [-0.15, -0.1) is 5.10 Å². The van der Waals surface area contributed by atoms with Gasteiger partial charge < -0.3 is 19.4 Å². The van der Waals surface area contributed by atoms with E-state index in [1.807, 2.05) is 22.9 Å². The summed E-state index contributed by atoms with van der Waals surface area (Å²) >= 11 is 0. The molecule has 1 saturated heterocycles. The van der Waals surface area contributed by atoms with Crippen LogP contribution in [0.25, 0.3) is 10.9 Å². The van der Waals surface area contributed by atoms with Crippen molar-refractivity contribution in [2.75, 3.05) is 37.9 Å². The number of hydrogen-bond donors (Lipinski definition) is 1. The van der Waals surface area contributed by atoms with Crippen molar-refractivity contribution < 1.29 is 9.47 Å². The molecular formula is C29H35N7O3. The molecule has 1 fully saturated rings. The van der Waals surface area contributed by atoms with E-state index in [4.69, 9.17) is 9.47 Å². The number of ether oxygens (including phenoxy) is 2. The number of aromatic nitrogens is 5. The molecule has 204 valence electrons. The fourth-order valence-corrected chi connectivity index (χ4v) is 5.56. The Morgan fingerprint density at radius 1 is 1.05 bits per heavy atom. The van der Waals surface area contributed by atoms with E-state index in [0.29, 0.717) is 28.4 Å².